The second-order valence-corrected chi connectivity index (χ2v) is 8.20. The van der Waals surface area contributed by atoms with Crippen LogP contribution in [-0.4, -0.2) is 42.9 Å². The van der Waals surface area contributed by atoms with Gasteiger partial charge in [-0.15, -0.1) is 0 Å². The summed E-state index contributed by atoms with van der Waals surface area (Å²) in [5.41, 5.74) is 1.93. The van der Waals surface area contributed by atoms with Gasteiger partial charge in [-0.05, 0) is 37.2 Å². The monoisotopic (exact) mass is 340 g/mol. The van der Waals surface area contributed by atoms with E-state index in [1.54, 1.807) is 6.20 Å². The summed E-state index contributed by atoms with van der Waals surface area (Å²) >= 11 is 6.22. The van der Waals surface area contributed by atoms with Gasteiger partial charge in [-0.2, -0.15) is 0 Å². The first-order valence-electron chi connectivity index (χ1n) is 7.25. The first-order valence-corrected chi connectivity index (χ1v) is 9.69. The summed E-state index contributed by atoms with van der Waals surface area (Å²) in [6.45, 7) is 5.39. The molecule has 4 nitrogen and oxygen atoms in total. The third-order valence-electron chi connectivity index (χ3n) is 3.75. The highest BCUT2D eigenvalue weighted by atomic mass is 35.5. The fraction of sp³-hybridized carbons (Fsp3) is 0.438. The van der Waals surface area contributed by atoms with Crippen molar-refractivity contribution in [3.05, 3.63) is 41.0 Å². The van der Waals surface area contributed by atoms with Crippen molar-refractivity contribution >= 4 is 32.3 Å². The zero-order chi connectivity index (χ0) is 16.3. The Hall–Kier alpha value is -1.17. The molecule has 0 saturated heterocycles. The molecule has 0 radical (unpaired) electrons. The van der Waals surface area contributed by atoms with Gasteiger partial charge in [0, 0.05) is 35.4 Å². The molecule has 1 aromatic heterocycles. The molecule has 1 atom stereocenters. The van der Waals surface area contributed by atoms with Gasteiger partial charge in [0.15, 0.2) is 0 Å². The Morgan fingerprint density at radius 2 is 2.05 bits per heavy atom. The molecule has 0 unspecified atom stereocenters. The molecule has 0 aliphatic carbocycles. The molecule has 0 saturated carbocycles. The van der Waals surface area contributed by atoms with E-state index in [1.165, 1.54) is 6.26 Å². The summed E-state index contributed by atoms with van der Waals surface area (Å²) in [5.74, 6) is 0.153. The van der Waals surface area contributed by atoms with E-state index in [2.05, 4.69) is 9.88 Å². The van der Waals surface area contributed by atoms with Gasteiger partial charge in [-0.3, -0.25) is 9.88 Å². The van der Waals surface area contributed by atoms with Gasteiger partial charge >= 0.3 is 0 Å². The highest BCUT2D eigenvalue weighted by Crippen LogP contribution is 2.26. The molecule has 22 heavy (non-hydrogen) atoms. The summed E-state index contributed by atoms with van der Waals surface area (Å²) in [6, 6.07) is 7.60. The Balaban J connectivity index is 2.30. The van der Waals surface area contributed by atoms with Crippen LogP contribution in [0.3, 0.4) is 0 Å². The summed E-state index contributed by atoms with van der Waals surface area (Å²) < 4.78 is 23.0. The van der Waals surface area contributed by atoms with Crippen LogP contribution in [0.2, 0.25) is 5.02 Å². The molecule has 0 N–H and O–H groups in total. The van der Waals surface area contributed by atoms with Crippen molar-refractivity contribution in [3.63, 3.8) is 0 Å². The van der Waals surface area contributed by atoms with Gasteiger partial charge in [-0.25, -0.2) is 8.42 Å². The van der Waals surface area contributed by atoms with E-state index < -0.39 is 9.84 Å². The van der Waals surface area contributed by atoms with E-state index >= 15 is 0 Å². The van der Waals surface area contributed by atoms with Crippen molar-refractivity contribution in [2.75, 3.05) is 18.6 Å². The predicted molar refractivity (Wildman–Crippen MR) is 92.0 cm³/mol. The van der Waals surface area contributed by atoms with E-state index in [4.69, 9.17) is 11.6 Å². The number of sulfone groups is 1. The van der Waals surface area contributed by atoms with Gasteiger partial charge in [0.2, 0.25) is 0 Å². The first kappa shape index (κ1) is 17.2. The zero-order valence-corrected chi connectivity index (χ0v) is 14.7. The number of rotatable bonds is 6. The maximum absolute atomic E-state index is 11.5. The molecule has 0 aliphatic rings. The fourth-order valence-corrected chi connectivity index (χ4v) is 3.97. The van der Waals surface area contributed by atoms with E-state index in [-0.39, 0.29) is 11.8 Å². The molecule has 0 aliphatic heterocycles. The van der Waals surface area contributed by atoms with E-state index in [9.17, 15) is 8.42 Å². The van der Waals surface area contributed by atoms with Crippen LogP contribution >= 0.6 is 11.6 Å². The van der Waals surface area contributed by atoms with Crippen LogP contribution in [-0.2, 0) is 16.4 Å². The van der Waals surface area contributed by atoms with Crippen LogP contribution in [0.15, 0.2) is 30.5 Å². The van der Waals surface area contributed by atoms with Crippen molar-refractivity contribution in [2.45, 2.75) is 26.4 Å². The second-order valence-electron chi connectivity index (χ2n) is 5.61. The van der Waals surface area contributed by atoms with Crippen LogP contribution in [0.1, 0.15) is 19.4 Å². The lowest BCUT2D eigenvalue weighted by Crippen LogP contribution is -2.37. The zero-order valence-electron chi connectivity index (χ0n) is 13.1. The number of hydrogen-bond acceptors (Lipinski definition) is 4. The Kier molecular flexibility index (Phi) is 5.42. The van der Waals surface area contributed by atoms with Crippen LogP contribution in [0.4, 0.5) is 0 Å². The number of halogens is 1. The number of aromatic nitrogens is 1. The molecule has 1 heterocycles. The normalized spacial score (nSPS) is 13.7. The maximum atomic E-state index is 11.5. The van der Waals surface area contributed by atoms with Crippen LogP contribution in [0.5, 0.6) is 0 Å². The van der Waals surface area contributed by atoms with Crippen LogP contribution in [0, 0.1) is 0 Å². The molecule has 0 amide bonds. The van der Waals surface area contributed by atoms with Gasteiger partial charge in [0.1, 0.15) is 9.84 Å². The van der Waals surface area contributed by atoms with Gasteiger partial charge in [0.25, 0.3) is 0 Å². The average molecular weight is 341 g/mol. The SMILES string of the molecule is CCN(Cc1ccc(Cl)c2cccnc12)[C@@H](C)CS(C)(=O)=O. The van der Waals surface area contributed by atoms with Gasteiger partial charge in [-0.1, -0.05) is 24.6 Å². The largest absolute Gasteiger partial charge is 0.296 e. The average Bonchev–Trinajstić information content (AvgIpc) is 2.45. The number of nitrogens with zero attached hydrogens (tertiary/aromatic N) is 2. The number of pyridine rings is 1. The Morgan fingerprint density at radius 3 is 2.68 bits per heavy atom. The van der Waals surface area contributed by atoms with E-state index in [0.29, 0.717) is 11.6 Å². The quantitative estimate of drug-likeness (QED) is 0.810. The van der Waals surface area contributed by atoms with Crippen molar-refractivity contribution in [3.8, 4) is 0 Å². The minimum atomic E-state index is -3.00. The van der Waals surface area contributed by atoms with Gasteiger partial charge in [0.05, 0.1) is 11.3 Å². The summed E-state index contributed by atoms with van der Waals surface area (Å²) in [5, 5.41) is 1.60. The van der Waals surface area contributed by atoms with E-state index in [0.717, 1.165) is 23.0 Å². The molecular formula is C16H21ClN2O2S. The van der Waals surface area contributed by atoms with Crippen LogP contribution < -0.4 is 0 Å². The highest BCUT2D eigenvalue weighted by Gasteiger charge is 2.18. The lowest BCUT2D eigenvalue weighted by molar-refractivity contribution is 0.227. The van der Waals surface area contributed by atoms with Crippen molar-refractivity contribution in [2.24, 2.45) is 0 Å². The first-order chi connectivity index (χ1) is 10.3. The Labute approximate surface area is 137 Å². The minimum absolute atomic E-state index is 0.0468. The standard InChI is InChI=1S/C16H21ClN2O2S/c1-4-19(12(2)11-22(3,20)21)10-13-7-8-15(17)14-6-5-9-18-16(13)14/h5-9,12H,4,10-11H2,1-3H3/t12-/m0/s1. The van der Waals surface area contributed by atoms with E-state index in [1.807, 2.05) is 38.1 Å². The lowest BCUT2D eigenvalue weighted by Gasteiger charge is -2.27. The van der Waals surface area contributed by atoms with Crippen molar-refractivity contribution in [1.29, 1.82) is 0 Å². The van der Waals surface area contributed by atoms with Crippen LogP contribution in [0.25, 0.3) is 10.9 Å². The Morgan fingerprint density at radius 1 is 1.32 bits per heavy atom. The second kappa shape index (κ2) is 6.94. The molecule has 2 rings (SSSR count). The molecular weight excluding hydrogens is 320 g/mol. The lowest BCUT2D eigenvalue weighted by atomic mass is 10.1. The molecule has 2 aromatic rings. The minimum Gasteiger partial charge on any atom is -0.296 e. The topological polar surface area (TPSA) is 50.3 Å². The number of fused-ring (bicyclic) bond motifs is 1. The summed E-state index contributed by atoms with van der Waals surface area (Å²) in [6.07, 6.45) is 3.02. The third-order valence-corrected chi connectivity index (χ3v) is 5.16. The predicted octanol–water partition coefficient (Wildman–Crippen LogP) is 3.14. The molecule has 0 spiro atoms. The molecule has 0 fully saturated rings. The molecule has 6 heteroatoms. The summed E-state index contributed by atoms with van der Waals surface area (Å²) in [7, 11) is -3.00. The third kappa shape index (κ3) is 4.18. The molecule has 0 bridgehead atoms. The van der Waals surface area contributed by atoms with Crippen molar-refractivity contribution in [1.82, 2.24) is 9.88 Å². The number of hydrogen-bond donors (Lipinski definition) is 0. The summed E-state index contributed by atoms with van der Waals surface area (Å²) in [4.78, 5) is 6.57. The number of benzene rings is 1. The maximum Gasteiger partial charge on any atom is 0.148 e. The fourth-order valence-electron chi connectivity index (χ4n) is 2.67. The smallest absolute Gasteiger partial charge is 0.148 e. The molecule has 120 valence electrons. The highest BCUT2D eigenvalue weighted by molar-refractivity contribution is 7.90. The Bertz CT molecular complexity index is 762. The van der Waals surface area contributed by atoms with Gasteiger partial charge < -0.3 is 0 Å². The molecule has 1 aromatic carbocycles. The van der Waals surface area contributed by atoms with Crippen molar-refractivity contribution < 1.29 is 8.42 Å².